The van der Waals surface area contributed by atoms with Crippen molar-refractivity contribution in [3.05, 3.63) is 24.2 Å². The zero-order valence-corrected chi connectivity index (χ0v) is 18.4. The summed E-state index contributed by atoms with van der Waals surface area (Å²) in [6.07, 6.45) is 6.46. The fraction of sp³-hybridized carbons (Fsp3) is 0.684. The van der Waals surface area contributed by atoms with Gasteiger partial charge in [-0.15, -0.1) is 24.0 Å². The normalized spacial score (nSPS) is 20.4. The van der Waals surface area contributed by atoms with Crippen molar-refractivity contribution in [2.45, 2.75) is 52.5 Å². The maximum atomic E-state index is 11.8. The molecule has 1 heterocycles. The molecule has 0 saturated heterocycles. The lowest BCUT2D eigenvalue weighted by Crippen LogP contribution is -2.45. The molecule has 0 bridgehead atoms. The molecule has 0 spiro atoms. The van der Waals surface area contributed by atoms with E-state index in [4.69, 9.17) is 4.42 Å². The second-order valence-electron chi connectivity index (χ2n) is 6.99. The number of aliphatic imine (C=N–C) groups is 1. The highest BCUT2D eigenvalue weighted by molar-refractivity contribution is 14.0. The Morgan fingerprint density at radius 1 is 1.27 bits per heavy atom. The SMILES string of the molecule is CCNC(=NCCNC(=O)c1ccco1)NC1CCC(C(C)C)CC1.I. The number of halogens is 1. The summed E-state index contributed by atoms with van der Waals surface area (Å²) in [6.45, 7) is 8.54. The topological polar surface area (TPSA) is 78.7 Å². The van der Waals surface area contributed by atoms with Crippen molar-refractivity contribution in [3.63, 3.8) is 0 Å². The monoisotopic (exact) mass is 476 g/mol. The quantitative estimate of drug-likeness (QED) is 0.244. The average Bonchev–Trinajstić information content (AvgIpc) is 3.14. The van der Waals surface area contributed by atoms with Crippen LogP contribution in [0.5, 0.6) is 0 Å². The van der Waals surface area contributed by atoms with Gasteiger partial charge in [0.05, 0.1) is 12.8 Å². The zero-order chi connectivity index (χ0) is 18.1. The van der Waals surface area contributed by atoms with E-state index in [9.17, 15) is 4.79 Å². The van der Waals surface area contributed by atoms with Crippen molar-refractivity contribution in [1.29, 1.82) is 0 Å². The second kappa shape index (κ2) is 12.2. The molecule has 3 N–H and O–H groups in total. The summed E-state index contributed by atoms with van der Waals surface area (Å²) in [7, 11) is 0. The molecular formula is C19H33IN4O2. The van der Waals surface area contributed by atoms with Gasteiger partial charge in [-0.3, -0.25) is 9.79 Å². The molecule has 0 atom stereocenters. The van der Waals surface area contributed by atoms with Gasteiger partial charge in [-0.1, -0.05) is 13.8 Å². The van der Waals surface area contributed by atoms with E-state index in [2.05, 4.69) is 41.7 Å². The third-order valence-corrected chi connectivity index (χ3v) is 4.81. The highest BCUT2D eigenvalue weighted by Crippen LogP contribution is 2.29. The van der Waals surface area contributed by atoms with Crippen molar-refractivity contribution in [2.24, 2.45) is 16.8 Å². The van der Waals surface area contributed by atoms with E-state index in [1.54, 1.807) is 12.1 Å². The molecule has 26 heavy (non-hydrogen) atoms. The Morgan fingerprint density at radius 2 is 2.00 bits per heavy atom. The van der Waals surface area contributed by atoms with Gasteiger partial charge in [-0.05, 0) is 56.6 Å². The summed E-state index contributed by atoms with van der Waals surface area (Å²) in [5.41, 5.74) is 0. The minimum atomic E-state index is -0.204. The Labute approximate surface area is 174 Å². The van der Waals surface area contributed by atoms with E-state index in [0.717, 1.165) is 24.3 Å². The summed E-state index contributed by atoms with van der Waals surface area (Å²) in [4.78, 5) is 16.4. The molecular weight excluding hydrogens is 443 g/mol. The summed E-state index contributed by atoms with van der Waals surface area (Å²) >= 11 is 0. The van der Waals surface area contributed by atoms with Crippen LogP contribution in [0.1, 0.15) is 57.0 Å². The zero-order valence-electron chi connectivity index (χ0n) is 16.1. The number of hydrogen-bond acceptors (Lipinski definition) is 3. The number of rotatable bonds is 7. The Morgan fingerprint density at radius 3 is 2.58 bits per heavy atom. The minimum Gasteiger partial charge on any atom is -0.459 e. The van der Waals surface area contributed by atoms with Crippen LogP contribution in [0.3, 0.4) is 0 Å². The van der Waals surface area contributed by atoms with E-state index >= 15 is 0 Å². The first-order valence-corrected chi connectivity index (χ1v) is 9.46. The van der Waals surface area contributed by atoms with Crippen LogP contribution >= 0.6 is 24.0 Å². The van der Waals surface area contributed by atoms with Gasteiger partial charge in [0.25, 0.3) is 5.91 Å². The van der Waals surface area contributed by atoms with E-state index in [-0.39, 0.29) is 29.9 Å². The fourth-order valence-electron chi connectivity index (χ4n) is 3.28. The van der Waals surface area contributed by atoms with Crippen LogP contribution in [0, 0.1) is 11.8 Å². The van der Waals surface area contributed by atoms with Crippen LogP contribution in [-0.2, 0) is 0 Å². The van der Waals surface area contributed by atoms with Gasteiger partial charge in [0, 0.05) is 19.1 Å². The molecule has 0 aliphatic heterocycles. The predicted octanol–water partition coefficient (Wildman–Crippen LogP) is 3.40. The van der Waals surface area contributed by atoms with Crippen LogP contribution in [0.15, 0.2) is 27.8 Å². The van der Waals surface area contributed by atoms with Crippen molar-refractivity contribution in [2.75, 3.05) is 19.6 Å². The summed E-state index contributed by atoms with van der Waals surface area (Å²) in [6, 6.07) is 3.84. The minimum absolute atomic E-state index is 0. The van der Waals surface area contributed by atoms with Gasteiger partial charge in [0.1, 0.15) is 0 Å². The van der Waals surface area contributed by atoms with Gasteiger partial charge in [0.15, 0.2) is 11.7 Å². The molecule has 1 aliphatic rings. The highest BCUT2D eigenvalue weighted by Gasteiger charge is 2.23. The Hall–Kier alpha value is -1.25. The van der Waals surface area contributed by atoms with Gasteiger partial charge >= 0.3 is 0 Å². The average molecular weight is 476 g/mol. The van der Waals surface area contributed by atoms with Gasteiger partial charge < -0.3 is 20.4 Å². The first-order chi connectivity index (χ1) is 12.1. The largest absolute Gasteiger partial charge is 0.459 e. The summed E-state index contributed by atoms with van der Waals surface area (Å²) < 4.78 is 5.07. The molecule has 1 aromatic heterocycles. The van der Waals surface area contributed by atoms with Crippen LogP contribution < -0.4 is 16.0 Å². The standard InChI is InChI=1S/C19H32N4O2.HI/c1-4-20-19(23-16-9-7-15(8-10-16)14(2)3)22-12-11-21-18(24)17-6-5-13-25-17;/h5-6,13-16H,4,7-12H2,1-3H3,(H,21,24)(H2,20,22,23);1H. The van der Waals surface area contributed by atoms with Crippen molar-refractivity contribution in [1.82, 2.24) is 16.0 Å². The van der Waals surface area contributed by atoms with Crippen molar-refractivity contribution < 1.29 is 9.21 Å². The number of nitrogens with one attached hydrogen (secondary N) is 3. The lowest BCUT2D eigenvalue weighted by Gasteiger charge is -2.32. The van der Waals surface area contributed by atoms with Gasteiger partial charge in [-0.2, -0.15) is 0 Å². The number of amides is 1. The smallest absolute Gasteiger partial charge is 0.287 e. The lowest BCUT2D eigenvalue weighted by atomic mass is 9.80. The van der Waals surface area contributed by atoms with Crippen LogP contribution in [0.25, 0.3) is 0 Å². The predicted molar refractivity (Wildman–Crippen MR) is 116 cm³/mol. The molecule has 1 saturated carbocycles. The van der Waals surface area contributed by atoms with E-state index in [1.165, 1.54) is 31.9 Å². The molecule has 0 radical (unpaired) electrons. The van der Waals surface area contributed by atoms with Crippen LogP contribution in [0.4, 0.5) is 0 Å². The first-order valence-electron chi connectivity index (χ1n) is 9.46. The number of carbonyl (C=O) groups is 1. The molecule has 0 unspecified atom stereocenters. The molecule has 1 aliphatic carbocycles. The van der Waals surface area contributed by atoms with E-state index in [1.807, 2.05) is 0 Å². The third-order valence-electron chi connectivity index (χ3n) is 4.81. The number of furan rings is 1. The maximum absolute atomic E-state index is 11.8. The second-order valence-corrected chi connectivity index (χ2v) is 6.99. The van der Waals surface area contributed by atoms with Crippen LogP contribution in [0.2, 0.25) is 0 Å². The summed E-state index contributed by atoms with van der Waals surface area (Å²) in [5.74, 6) is 2.60. The Balaban J connectivity index is 0.00000338. The Kier molecular flexibility index (Phi) is 10.7. The molecule has 6 nitrogen and oxygen atoms in total. The van der Waals surface area contributed by atoms with E-state index < -0.39 is 0 Å². The molecule has 2 rings (SSSR count). The first kappa shape index (κ1) is 22.8. The van der Waals surface area contributed by atoms with Crippen molar-refractivity contribution in [3.8, 4) is 0 Å². The molecule has 7 heteroatoms. The maximum Gasteiger partial charge on any atom is 0.287 e. The molecule has 1 amide bonds. The van der Waals surface area contributed by atoms with Gasteiger partial charge in [0.2, 0.25) is 0 Å². The highest BCUT2D eigenvalue weighted by atomic mass is 127. The molecule has 0 aromatic carbocycles. The number of carbonyl (C=O) groups excluding carboxylic acids is 1. The number of guanidine groups is 1. The van der Waals surface area contributed by atoms with Gasteiger partial charge in [-0.25, -0.2) is 0 Å². The lowest BCUT2D eigenvalue weighted by molar-refractivity contribution is 0.0927. The fourth-order valence-corrected chi connectivity index (χ4v) is 3.28. The number of hydrogen-bond donors (Lipinski definition) is 3. The molecule has 1 aromatic rings. The van der Waals surface area contributed by atoms with E-state index in [0.29, 0.717) is 24.9 Å². The molecule has 1 fully saturated rings. The molecule has 148 valence electrons. The Bertz CT molecular complexity index is 538. The van der Waals surface area contributed by atoms with Crippen LogP contribution in [-0.4, -0.2) is 37.5 Å². The van der Waals surface area contributed by atoms with Crippen molar-refractivity contribution >= 4 is 35.8 Å². The number of nitrogens with zero attached hydrogens (tertiary/aromatic N) is 1. The summed E-state index contributed by atoms with van der Waals surface area (Å²) in [5, 5.41) is 9.64. The third kappa shape index (κ3) is 7.55.